The lowest BCUT2D eigenvalue weighted by atomic mass is 10.1. The highest BCUT2D eigenvalue weighted by Crippen LogP contribution is 2.04. The Hall–Kier alpha value is -3.56. The fraction of sp³-hybridized carbons (Fsp3) is 0.600. The molecule has 4 atom stereocenters. The maximum atomic E-state index is 12.9. The van der Waals surface area contributed by atoms with Crippen molar-refractivity contribution < 1.29 is 34.2 Å². The molecule has 1 rings (SSSR count). The normalized spacial score (nSPS) is 14.3. The fourth-order valence-electron chi connectivity index (χ4n) is 3.03. The molecule has 0 radical (unpaired) electrons. The number of aliphatic hydroxyl groups is 1. The van der Waals surface area contributed by atoms with Crippen LogP contribution >= 0.6 is 0 Å². The average Bonchev–Trinajstić information content (AvgIpc) is 3.32. The highest BCUT2D eigenvalue weighted by Gasteiger charge is 2.30. The van der Waals surface area contributed by atoms with E-state index in [9.17, 15) is 34.2 Å². The van der Waals surface area contributed by atoms with Crippen molar-refractivity contribution in [1.29, 1.82) is 0 Å². The Morgan fingerprint density at radius 1 is 0.971 bits per heavy atom. The number of carboxylic acid groups (broad SMARTS) is 1. The molecule has 0 aromatic carbocycles. The molecular weight excluding hydrogens is 464 g/mol. The Kier molecular flexibility index (Phi) is 12.9. The van der Waals surface area contributed by atoms with E-state index in [4.69, 9.17) is 17.2 Å². The van der Waals surface area contributed by atoms with Crippen LogP contribution in [0.3, 0.4) is 0 Å². The number of nitrogens with one attached hydrogen (secondary N) is 4. The van der Waals surface area contributed by atoms with Crippen LogP contribution in [0.15, 0.2) is 12.5 Å². The summed E-state index contributed by atoms with van der Waals surface area (Å²) in [6.07, 6.45) is 3.89. The van der Waals surface area contributed by atoms with E-state index in [0.717, 1.165) is 0 Å². The van der Waals surface area contributed by atoms with E-state index in [-0.39, 0.29) is 19.3 Å². The first-order valence-electron chi connectivity index (χ1n) is 11.0. The summed E-state index contributed by atoms with van der Waals surface area (Å²) in [6.45, 7) is -0.405. The summed E-state index contributed by atoms with van der Waals surface area (Å²) in [5.74, 6) is -4.58. The summed E-state index contributed by atoms with van der Waals surface area (Å²) in [6, 6.07) is -5.07. The van der Waals surface area contributed by atoms with E-state index in [0.29, 0.717) is 31.5 Å². The van der Waals surface area contributed by atoms with E-state index in [2.05, 4.69) is 25.9 Å². The number of unbranched alkanes of at least 4 members (excludes halogenated alkanes) is 1. The zero-order chi connectivity index (χ0) is 26.4. The highest BCUT2D eigenvalue weighted by atomic mass is 16.4. The number of hydrogen-bond acceptors (Lipinski definition) is 9. The predicted octanol–water partition coefficient (Wildman–Crippen LogP) is -3.79. The number of nitrogens with two attached hydrogens (primary N) is 3. The SMILES string of the molecule is NCCCCC(N)C(=O)NC(Cc1cnc[nH]1)C(=O)NC(CO)C(=O)NC(CCC(N)=O)C(=O)O. The van der Waals surface area contributed by atoms with Gasteiger partial charge in [0.25, 0.3) is 0 Å². The first kappa shape index (κ1) is 29.5. The standard InChI is InChI=1S/C20H34N8O7/c21-6-2-1-3-12(22)17(31)27-14(7-11-8-24-10-25-11)18(32)28-15(9-29)19(33)26-13(20(34)35)4-5-16(23)30/h8,10,12-15,29H,1-7,9,21-22H2,(H2,23,30)(H,24,25)(H,26,33)(H,27,31)(H,28,32)(H,34,35). The van der Waals surface area contributed by atoms with Crippen LogP contribution in [0, 0.1) is 0 Å². The summed E-state index contributed by atoms with van der Waals surface area (Å²) in [4.78, 5) is 66.8. The van der Waals surface area contributed by atoms with Crippen LogP contribution in [0.5, 0.6) is 0 Å². The highest BCUT2D eigenvalue weighted by molar-refractivity contribution is 5.94. The largest absolute Gasteiger partial charge is 0.480 e. The number of H-pyrrole nitrogens is 1. The van der Waals surface area contributed by atoms with Gasteiger partial charge < -0.3 is 48.3 Å². The number of aromatic amines is 1. The Bertz CT molecular complexity index is 849. The third-order valence-electron chi connectivity index (χ3n) is 5.03. The minimum absolute atomic E-state index is 0.0246. The van der Waals surface area contributed by atoms with Crippen molar-refractivity contribution in [3.05, 3.63) is 18.2 Å². The van der Waals surface area contributed by atoms with Crippen molar-refractivity contribution in [3.63, 3.8) is 0 Å². The molecule has 15 nitrogen and oxygen atoms in total. The number of amides is 4. The quantitative estimate of drug-likeness (QED) is 0.0945. The van der Waals surface area contributed by atoms with Crippen LogP contribution in [0.1, 0.15) is 37.8 Å². The molecule has 0 aliphatic heterocycles. The molecule has 0 aliphatic carbocycles. The Morgan fingerprint density at radius 2 is 1.60 bits per heavy atom. The van der Waals surface area contributed by atoms with Crippen LogP contribution < -0.4 is 33.2 Å². The van der Waals surface area contributed by atoms with Gasteiger partial charge in [0.2, 0.25) is 23.6 Å². The molecule has 12 N–H and O–H groups in total. The monoisotopic (exact) mass is 498 g/mol. The lowest BCUT2D eigenvalue weighted by Gasteiger charge is -2.24. The Balaban J connectivity index is 2.88. The van der Waals surface area contributed by atoms with Crippen LogP contribution in [0.25, 0.3) is 0 Å². The fourth-order valence-corrected chi connectivity index (χ4v) is 3.03. The number of carbonyl (C=O) groups excluding carboxylic acids is 4. The van der Waals surface area contributed by atoms with Crippen molar-refractivity contribution in [3.8, 4) is 0 Å². The van der Waals surface area contributed by atoms with Gasteiger partial charge in [-0.15, -0.1) is 0 Å². The van der Waals surface area contributed by atoms with Gasteiger partial charge in [-0.25, -0.2) is 9.78 Å². The number of carboxylic acids is 1. The molecule has 1 aromatic rings. The van der Waals surface area contributed by atoms with Gasteiger partial charge in [-0.05, 0) is 25.8 Å². The number of carbonyl (C=O) groups is 5. The van der Waals surface area contributed by atoms with Gasteiger partial charge in [0.05, 0.1) is 19.0 Å². The van der Waals surface area contributed by atoms with E-state index < -0.39 is 60.4 Å². The topological polar surface area (TPSA) is 269 Å². The van der Waals surface area contributed by atoms with Crippen molar-refractivity contribution in [2.24, 2.45) is 17.2 Å². The number of imidazole rings is 1. The summed E-state index contributed by atoms with van der Waals surface area (Å²) in [7, 11) is 0. The zero-order valence-corrected chi connectivity index (χ0v) is 19.2. The lowest BCUT2D eigenvalue weighted by Crippen LogP contribution is -2.58. The van der Waals surface area contributed by atoms with Crippen molar-refractivity contribution >= 4 is 29.6 Å². The molecule has 0 spiro atoms. The molecule has 0 saturated carbocycles. The van der Waals surface area contributed by atoms with E-state index in [1.165, 1.54) is 12.5 Å². The minimum Gasteiger partial charge on any atom is -0.480 e. The van der Waals surface area contributed by atoms with Crippen LogP contribution in [0.2, 0.25) is 0 Å². The van der Waals surface area contributed by atoms with E-state index in [1.54, 1.807) is 0 Å². The molecule has 1 heterocycles. The maximum Gasteiger partial charge on any atom is 0.326 e. The number of aliphatic hydroxyl groups excluding tert-OH is 1. The second kappa shape index (κ2) is 15.4. The third-order valence-corrected chi connectivity index (χ3v) is 5.03. The van der Waals surface area contributed by atoms with Gasteiger partial charge in [-0.3, -0.25) is 19.2 Å². The van der Waals surface area contributed by atoms with Gasteiger partial charge in [-0.2, -0.15) is 0 Å². The molecule has 0 fully saturated rings. The van der Waals surface area contributed by atoms with Crippen LogP contribution in [0.4, 0.5) is 0 Å². The Morgan fingerprint density at radius 3 is 2.14 bits per heavy atom. The third kappa shape index (κ3) is 10.9. The first-order chi connectivity index (χ1) is 16.6. The number of aliphatic carboxylic acids is 1. The number of hydrogen-bond donors (Lipinski definition) is 9. The van der Waals surface area contributed by atoms with Gasteiger partial charge in [0.1, 0.15) is 18.1 Å². The molecule has 15 heteroatoms. The van der Waals surface area contributed by atoms with Crippen molar-refractivity contribution in [2.75, 3.05) is 13.2 Å². The number of aromatic nitrogens is 2. The molecule has 0 saturated heterocycles. The molecule has 196 valence electrons. The molecule has 4 unspecified atom stereocenters. The maximum absolute atomic E-state index is 12.9. The van der Waals surface area contributed by atoms with Crippen molar-refractivity contribution in [1.82, 2.24) is 25.9 Å². The molecule has 1 aromatic heterocycles. The zero-order valence-electron chi connectivity index (χ0n) is 19.2. The second-order valence-corrected chi connectivity index (χ2v) is 7.88. The van der Waals surface area contributed by atoms with E-state index in [1.807, 2.05) is 0 Å². The van der Waals surface area contributed by atoms with Crippen molar-refractivity contribution in [2.45, 2.75) is 62.7 Å². The predicted molar refractivity (Wildman–Crippen MR) is 122 cm³/mol. The van der Waals surface area contributed by atoms with Crippen LogP contribution in [-0.4, -0.2) is 87.1 Å². The van der Waals surface area contributed by atoms with Gasteiger partial charge in [-0.1, -0.05) is 6.42 Å². The smallest absolute Gasteiger partial charge is 0.326 e. The summed E-state index contributed by atoms with van der Waals surface area (Å²) in [5.41, 5.74) is 16.8. The van der Waals surface area contributed by atoms with Crippen LogP contribution in [-0.2, 0) is 30.4 Å². The molecular formula is C20H34N8O7. The second-order valence-electron chi connectivity index (χ2n) is 7.88. The summed E-state index contributed by atoms with van der Waals surface area (Å²) >= 11 is 0. The molecule has 0 aliphatic rings. The molecule has 0 bridgehead atoms. The number of nitrogens with zero attached hydrogens (tertiary/aromatic N) is 1. The summed E-state index contributed by atoms with van der Waals surface area (Å²) in [5, 5.41) is 25.8. The Labute approximate surface area is 201 Å². The van der Waals surface area contributed by atoms with Gasteiger partial charge in [0.15, 0.2) is 0 Å². The number of rotatable bonds is 17. The van der Waals surface area contributed by atoms with Gasteiger partial charge in [0, 0.05) is 24.7 Å². The van der Waals surface area contributed by atoms with E-state index >= 15 is 0 Å². The van der Waals surface area contributed by atoms with Gasteiger partial charge >= 0.3 is 5.97 Å². The minimum atomic E-state index is -1.53. The number of primary amides is 1. The molecule has 4 amide bonds. The average molecular weight is 499 g/mol. The summed E-state index contributed by atoms with van der Waals surface area (Å²) < 4.78 is 0. The first-order valence-corrected chi connectivity index (χ1v) is 11.0. The molecule has 35 heavy (non-hydrogen) atoms. The lowest BCUT2D eigenvalue weighted by molar-refractivity contribution is -0.143.